The first-order chi connectivity index (χ1) is 9.80. The maximum absolute atomic E-state index is 5.39. The predicted molar refractivity (Wildman–Crippen MR) is 80.7 cm³/mol. The van der Waals surface area contributed by atoms with Crippen molar-refractivity contribution in [1.82, 2.24) is 15.3 Å². The molecule has 0 bridgehead atoms. The van der Waals surface area contributed by atoms with Crippen LogP contribution in [-0.2, 0) is 0 Å². The first-order valence-electron chi connectivity index (χ1n) is 7.88. The summed E-state index contributed by atoms with van der Waals surface area (Å²) in [6.45, 7) is 5.39. The Labute approximate surface area is 122 Å². The summed E-state index contributed by atoms with van der Waals surface area (Å²) in [4.78, 5) is 8.83. The number of methoxy groups -OCH3 is 1. The van der Waals surface area contributed by atoms with Gasteiger partial charge in [-0.05, 0) is 31.2 Å². The van der Waals surface area contributed by atoms with Crippen molar-refractivity contribution in [3.63, 3.8) is 0 Å². The molecule has 1 N–H and O–H groups in total. The van der Waals surface area contributed by atoms with Crippen molar-refractivity contribution in [1.29, 1.82) is 0 Å². The van der Waals surface area contributed by atoms with E-state index in [-0.39, 0.29) is 6.04 Å². The van der Waals surface area contributed by atoms with Gasteiger partial charge in [-0.1, -0.05) is 33.1 Å². The normalized spacial score (nSPS) is 24.4. The Hall–Kier alpha value is -1.16. The zero-order chi connectivity index (χ0) is 14.4. The summed E-state index contributed by atoms with van der Waals surface area (Å²) in [5, 5.41) is 3.59. The van der Waals surface area contributed by atoms with Gasteiger partial charge in [0.15, 0.2) is 0 Å². The van der Waals surface area contributed by atoms with Crippen LogP contribution < -0.4 is 10.1 Å². The molecule has 0 aromatic carbocycles. The van der Waals surface area contributed by atoms with Gasteiger partial charge < -0.3 is 10.1 Å². The SMILES string of the molecule is CCNC(c1nccnc1OC)C1CCC(CC)CC1. The van der Waals surface area contributed by atoms with E-state index in [1.54, 1.807) is 19.5 Å². The molecular weight excluding hydrogens is 250 g/mol. The second kappa shape index (κ2) is 7.58. The third-order valence-electron chi connectivity index (χ3n) is 4.54. The minimum atomic E-state index is 0.265. The van der Waals surface area contributed by atoms with Crippen LogP contribution >= 0.6 is 0 Å². The summed E-state index contributed by atoms with van der Waals surface area (Å²) in [6.07, 6.45) is 10.00. The Bertz CT molecular complexity index is 402. The van der Waals surface area contributed by atoms with Gasteiger partial charge in [0.25, 0.3) is 0 Å². The maximum atomic E-state index is 5.39. The highest BCUT2D eigenvalue weighted by atomic mass is 16.5. The Kier molecular flexibility index (Phi) is 5.77. The van der Waals surface area contributed by atoms with Crippen LogP contribution in [0.4, 0.5) is 0 Å². The molecule has 1 saturated carbocycles. The van der Waals surface area contributed by atoms with E-state index in [1.807, 2.05) is 0 Å². The number of aromatic nitrogens is 2. The van der Waals surface area contributed by atoms with Crippen LogP contribution in [-0.4, -0.2) is 23.6 Å². The van der Waals surface area contributed by atoms with Crippen LogP contribution in [0.5, 0.6) is 5.88 Å². The lowest BCUT2D eigenvalue weighted by Crippen LogP contribution is -2.32. The van der Waals surface area contributed by atoms with E-state index in [2.05, 4.69) is 29.1 Å². The number of rotatable bonds is 6. The average molecular weight is 277 g/mol. The molecule has 0 aliphatic heterocycles. The molecule has 112 valence electrons. The molecule has 1 atom stereocenters. The van der Waals surface area contributed by atoms with Crippen LogP contribution in [0.25, 0.3) is 0 Å². The van der Waals surface area contributed by atoms with Crippen molar-refractivity contribution < 1.29 is 4.74 Å². The van der Waals surface area contributed by atoms with Gasteiger partial charge in [0.2, 0.25) is 5.88 Å². The molecule has 1 unspecified atom stereocenters. The van der Waals surface area contributed by atoms with E-state index in [4.69, 9.17) is 4.74 Å². The van der Waals surface area contributed by atoms with Gasteiger partial charge in [0.05, 0.1) is 13.2 Å². The number of ether oxygens (including phenoxy) is 1. The average Bonchev–Trinajstić information content (AvgIpc) is 2.53. The molecule has 0 saturated heterocycles. The van der Waals surface area contributed by atoms with Gasteiger partial charge in [-0.3, -0.25) is 4.98 Å². The van der Waals surface area contributed by atoms with Gasteiger partial charge in [-0.15, -0.1) is 0 Å². The molecule has 0 spiro atoms. The third kappa shape index (κ3) is 3.48. The number of hydrogen-bond donors (Lipinski definition) is 1. The van der Waals surface area contributed by atoms with Crippen LogP contribution in [0.3, 0.4) is 0 Å². The molecule has 1 aliphatic carbocycles. The van der Waals surface area contributed by atoms with E-state index >= 15 is 0 Å². The molecule has 2 rings (SSSR count). The van der Waals surface area contributed by atoms with Gasteiger partial charge in [-0.25, -0.2) is 4.98 Å². The Balaban J connectivity index is 2.14. The fourth-order valence-electron chi connectivity index (χ4n) is 3.34. The Morgan fingerprint density at radius 2 is 1.90 bits per heavy atom. The lowest BCUT2D eigenvalue weighted by Gasteiger charge is -2.34. The molecular formula is C16H27N3O. The van der Waals surface area contributed by atoms with Crippen molar-refractivity contribution in [2.24, 2.45) is 11.8 Å². The van der Waals surface area contributed by atoms with E-state index in [0.717, 1.165) is 18.2 Å². The monoisotopic (exact) mass is 277 g/mol. The van der Waals surface area contributed by atoms with Gasteiger partial charge in [0.1, 0.15) is 5.69 Å². The van der Waals surface area contributed by atoms with Crippen molar-refractivity contribution in [2.75, 3.05) is 13.7 Å². The Morgan fingerprint density at radius 1 is 1.20 bits per heavy atom. The molecule has 0 radical (unpaired) electrons. The molecule has 20 heavy (non-hydrogen) atoms. The zero-order valence-electron chi connectivity index (χ0n) is 12.9. The fourth-order valence-corrected chi connectivity index (χ4v) is 3.34. The lowest BCUT2D eigenvalue weighted by molar-refractivity contribution is 0.214. The lowest BCUT2D eigenvalue weighted by atomic mass is 9.77. The van der Waals surface area contributed by atoms with E-state index in [9.17, 15) is 0 Å². The van der Waals surface area contributed by atoms with Gasteiger partial charge in [-0.2, -0.15) is 0 Å². The molecule has 0 amide bonds. The maximum Gasteiger partial charge on any atom is 0.237 e. The van der Waals surface area contributed by atoms with Crippen LogP contribution in [0.2, 0.25) is 0 Å². The summed E-state index contributed by atoms with van der Waals surface area (Å²) in [5.41, 5.74) is 0.969. The molecule has 1 aliphatic rings. The van der Waals surface area contributed by atoms with Crippen molar-refractivity contribution in [3.8, 4) is 5.88 Å². The van der Waals surface area contributed by atoms with Crippen molar-refractivity contribution >= 4 is 0 Å². The number of nitrogens with zero attached hydrogens (tertiary/aromatic N) is 2. The second-order valence-corrected chi connectivity index (χ2v) is 5.68. The molecule has 4 nitrogen and oxygen atoms in total. The predicted octanol–water partition coefficient (Wildman–Crippen LogP) is 3.35. The van der Waals surface area contributed by atoms with Crippen LogP contribution in [0, 0.1) is 11.8 Å². The van der Waals surface area contributed by atoms with Crippen molar-refractivity contribution in [2.45, 2.75) is 52.0 Å². The van der Waals surface area contributed by atoms with Crippen LogP contribution in [0.15, 0.2) is 12.4 Å². The van der Waals surface area contributed by atoms with Gasteiger partial charge >= 0.3 is 0 Å². The number of nitrogens with one attached hydrogen (secondary N) is 1. The fraction of sp³-hybridized carbons (Fsp3) is 0.750. The van der Waals surface area contributed by atoms with E-state index in [1.165, 1.54) is 32.1 Å². The third-order valence-corrected chi connectivity index (χ3v) is 4.54. The topological polar surface area (TPSA) is 47.0 Å². The molecule has 4 heteroatoms. The standard InChI is InChI=1S/C16H27N3O/c1-4-12-6-8-13(9-7-12)14(17-5-2)15-16(20-3)19-11-10-18-15/h10-14,17H,4-9H2,1-3H3. The van der Waals surface area contributed by atoms with E-state index < -0.39 is 0 Å². The largest absolute Gasteiger partial charge is 0.480 e. The minimum Gasteiger partial charge on any atom is -0.480 e. The molecule has 1 heterocycles. The van der Waals surface area contributed by atoms with Crippen molar-refractivity contribution in [3.05, 3.63) is 18.1 Å². The zero-order valence-corrected chi connectivity index (χ0v) is 12.9. The smallest absolute Gasteiger partial charge is 0.237 e. The second-order valence-electron chi connectivity index (χ2n) is 5.68. The molecule has 1 fully saturated rings. The summed E-state index contributed by atoms with van der Waals surface area (Å²) in [5.74, 6) is 2.22. The number of hydrogen-bond acceptors (Lipinski definition) is 4. The Morgan fingerprint density at radius 3 is 2.50 bits per heavy atom. The summed E-state index contributed by atoms with van der Waals surface area (Å²) in [7, 11) is 1.67. The first kappa shape index (κ1) is 15.2. The highest BCUT2D eigenvalue weighted by Crippen LogP contribution is 2.39. The van der Waals surface area contributed by atoms with E-state index in [0.29, 0.717) is 11.8 Å². The highest BCUT2D eigenvalue weighted by molar-refractivity contribution is 5.22. The highest BCUT2D eigenvalue weighted by Gasteiger charge is 2.30. The summed E-state index contributed by atoms with van der Waals surface area (Å²) < 4.78 is 5.39. The minimum absolute atomic E-state index is 0.265. The molecule has 1 aromatic rings. The van der Waals surface area contributed by atoms with Crippen LogP contribution in [0.1, 0.15) is 57.7 Å². The molecule has 1 aromatic heterocycles. The summed E-state index contributed by atoms with van der Waals surface area (Å²) >= 11 is 0. The summed E-state index contributed by atoms with van der Waals surface area (Å²) in [6, 6.07) is 0.265. The van der Waals surface area contributed by atoms with Gasteiger partial charge in [0, 0.05) is 12.4 Å². The quantitative estimate of drug-likeness (QED) is 0.866. The first-order valence-corrected chi connectivity index (χ1v) is 7.88.